The first-order valence-corrected chi connectivity index (χ1v) is 7.95. The van der Waals surface area contributed by atoms with Crippen LogP contribution in [0.3, 0.4) is 0 Å². The molecule has 0 aliphatic heterocycles. The van der Waals surface area contributed by atoms with Crippen molar-refractivity contribution < 1.29 is 9.84 Å². The van der Waals surface area contributed by atoms with E-state index >= 15 is 0 Å². The SMILES string of the molecule is CC(C)[C@@H]1CC[C@@H](C)C[C@H]1OCCN(C)CCCO. The first-order valence-electron chi connectivity index (χ1n) is 7.95. The van der Waals surface area contributed by atoms with Gasteiger partial charge in [-0.1, -0.05) is 27.2 Å². The number of aliphatic hydroxyl groups is 1. The molecule has 3 atom stereocenters. The van der Waals surface area contributed by atoms with E-state index < -0.39 is 0 Å². The van der Waals surface area contributed by atoms with E-state index in [2.05, 4.69) is 32.7 Å². The third-order valence-corrected chi connectivity index (χ3v) is 4.46. The van der Waals surface area contributed by atoms with Crippen LogP contribution in [0.5, 0.6) is 0 Å². The van der Waals surface area contributed by atoms with E-state index in [1.54, 1.807) is 0 Å². The monoisotopic (exact) mass is 271 g/mol. The van der Waals surface area contributed by atoms with Gasteiger partial charge >= 0.3 is 0 Å². The van der Waals surface area contributed by atoms with Gasteiger partial charge in [-0.05, 0) is 44.1 Å². The van der Waals surface area contributed by atoms with Gasteiger partial charge in [-0.2, -0.15) is 0 Å². The van der Waals surface area contributed by atoms with Crippen molar-refractivity contribution in [3.8, 4) is 0 Å². The zero-order valence-corrected chi connectivity index (χ0v) is 13.3. The molecule has 1 aliphatic rings. The lowest BCUT2D eigenvalue weighted by Gasteiger charge is -2.37. The highest BCUT2D eigenvalue weighted by atomic mass is 16.5. The van der Waals surface area contributed by atoms with E-state index in [0.29, 0.717) is 6.10 Å². The Morgan fingerprint density at radius 3 is 2.63 bits per heavy atom. The Morgan fingerprint density at radius 1 is 1.26 bits per heavy atom. The molecular weight excluding hydrogens is 238 g/mol. The molecule has 0 heterocycles. The molecule has 1 N–H and O–H groups in total. The van der Waals surface area contributed by atoms with Crippen LogP contribution in [-0.2, 0) is 4.74 Å². The van der Waals surface area contributed by atoms with Gasteiger partial charge in [0.15, 0.2) is 0 Å². The fourth-order valence-electron chi connectivity index (χ4n) is 3.12. The van der Waals surface area contributed by atoms with Gasteiger partial charge in [-0.3, -0.25) is 0 Å². The molecule has 0 spiro atoms. The summed E-state index contributed by atoms with van der Waals surface area (Å²) < 4.78 is 6.17. The second-order valence-electron chi connectivity index (χ2n) is 6.62. The Bertz CT molecular complexity index is 233. The molecule has 0 aromatic heterocycles. The predicted octanol–water partition coefficient (Wildman–Crippen LogP) is 2.78. The van der Waals surface area contributed by atoms with Crippen molar-refractivity contribution in [1.29, 1.82) is 0 Å². The lowest BCUT2D eigenvalue weighted by Crippen LogP contribution is -2.36. The molecule has 1 saturated carbocycles. The van der Waals surface area contributed by atoms with Gasteiger partial charge in [-0.15, -0.1) is 0 Å². The van der Waals surface area contributed by atoms with Crippen LogP contribution in [0.2, 0.25) is 0 Å². The summed E-state index contributed by atoms with van der Waals surface area (Å²) in [5.74, 6) is 2.27. The smallest absolute Gasteiger partial charge is 0.0608 e. The van der Waals surface area contributed by atoms with Crippen LogP contribution in [0, 0.1) is 17.8 Å². The molecule has 19 heavy (non-hydrogen) atoms. The Kier molecular flexibility index (Phi) is 7.96. The van der Waals surface area contributed by atoms with E-state index in [4.69, 9.17) is 9.84 Å². The second kappa shape index (κ2) is 8.93. The maximum absolute atomic E-state index is 8.81. The number of aliphatic hydroxyl groups excluding tert-OH is 1. The van der Waals surface area contributed by atoms with Crippen LogP contribution in [0.1, 0.15) is 46.5 Å². The molecule has 0 unspecified atom stereocenters. The molecule has 0 bridgehead atoms. The predicted molar refractivity (Wildman–Crippen MR) is 80.3 cm³/mol. The molecule has 1 aliphatic carbocycles. The third-order valence-electron chi connectivity index (χ3n) is 4.46. The largest absolute Gasteiger partial charge is 0.396 e. The van der Waals surface area contributed by atoms with Crippen molar-refractivity contribution in [2.75, 3.05) is 33.4 Å². The standard InChI is InChI=1S/C16H33NO2/c1-13(2)15-7-6-14(3)12-16(15)19-11-9-17(4)8-5-10-18/h13-16,18H,5-12H2,1-4H3/t14-,15+,16-/m1/s1. The molecule has 1 fully saturated rings. The average molecular weight is 271 g/mol. The molecule has 114 valence electrons. The number of hydrogen-bond donors (Lipinski definition) is 1. The molecule has 0 saturated heterocycles. The van der Waals surface area contributed by atoms with Crippen molar-refractivity contribution in [2.24, 2.45) is 17.8 Å². The summed E-state index contributed by atoms with van der Waals surface area (Å²) >= 11 is 0. The molecule has 0 aromatic carbocycles. The summed E-state index contributed by atoms with van der Waals surface area (Å²) in [5.41, 5.74) is 0. The maximum Gasteiger partial charge on any atom is 0.0608 e. The van der Waals surface area contributed by atoms with Crippen molar-refractivity contribution in [2.45, 2.75) is 52.6 Å². The number of ether oxygens (including phenoxy) is 1. The number of hydrogen-bond acceptors (Lipinski definition) is 3. The van der Waals surface area contributed by atoms with E-state index in [1.165, 1.54) is 19.3 Å². The summed E-state index contributed by atoms with van der Waals surface area (Å²) in [4.78, 5) is 2.24. The van der Waals surface area contributed by atoms with E-state index in [-0.39, 0.29) is 6.61 Å². The average Bonchev–Trinajstić information content (AvgIpc) is 2.36. The number of nitrogens with zero attached hydrogens (tertiary/aromatic N) is 1. The van der Waals surface area contributed by atoms with Gasteiger partial charge in [0.25, 0.3) is 0 Å². The Hall–Kier alpha value is -0.120. The molecule has 0 radical (unpaired) electrons. The van der Waals surface area contributed by atoms with Gasteiger partial charge in [0, 0.05) is 19.7 Å². The molecule has 0 amide bonds. The quantitative estimate of drug-likeness (QED) is 0.737. The summed E-state index contributed by atoms with van der Waals surface area (Å²) in [6, 6.07) is 0. The van der Waals surface area contributed by atoms with Crippen LogP contribution in [-0.4, -0.2) is 49.5 Å². The fourth-order valence-corrected chi connectivity index (χ4v) is 3.12. The minimum absolute atomic E-state index is 0.279. The van der Waals surface area contributed by atoms with Crippen LogP contribution >= 0.6 is 0 Å². The topological polar surface area (TPSA) is 32.7 Å². The Balaban J connectivity index is 2.28. The van der Waals surface area contributed by atoms with Crippen molar-refractivity contribution in [1.82, 2.24) is 4.90 Å². The summed E-state index contributed by atoms with van der Waals surface area (Å²) in [7, 11) is 2.10. The lowest BCUT2D eigenvalue weighted by atomic mass is 9.75. The molecular formula is C16H33NO2. The van der Waals surface area contributed by atoms with Gasteiger partial charge < -0.3 is 14.7 Å². The first kappa shape index (κ1) is 16.9. The van der Waals surface area contributed by atoms with Crippen LogP contribution < -0.4 is 0 Å². The highest BCUT2D eigenvalue weighted by Gasteiger charge is 2.31. The summed E-state index contributed by atoms with van der Waals surface area (Å²) in [6.07, 6.45) is 5.22. The Labute approximate surface area is 119 Å². The van der Waals surface area contributed by atoms with Crippen LogP contribution in [0.15, 0.2) is 0 Å². The fraction of sp³-hybridized carbons (Fsp3) is 1.00. The number of likely N-dealkylation sites (N-methyl/N-ethyl adjacent to an activating group) is 1. The second-order valence-corrected chi connectivity index (χ2v) is 6.62. The summed E-state index contributed by atoms with van der Waals surface area (Å²) in [6.45, 7) is 10.0. The molecule has 3 nitrogen and oxygen atoms in total. The zero-order chi connectivity index (χ0) is 14.3. The molecule has 3 heteroatoms. The van der Waals surface area contributed by atoms with Gasteiger partial charge in [-0.25, -0.2) is 0 Å². The van der Waals surface area contributed by atoms with Gasteiger partial charge in [0.2, 0.25) is 0 Å². The summed E-state index contributed by atoms with van der Waals surface area (Å²) in [5, 5.41) is 8.81. The maximum atomic E-state index is 8.81. The number of rotatable bonds is 8. The van der Waals surface area contributed by atoms with Gasteiger partial charge in [0.05, 0.1) is 12.7 Å². The van der Waals surface area contributed by atoms with Crippen molar-refractivity contribution in [3.63, 3.8) is 0 Å². The minimum Gasteiger partial charge on any atom is -0.396 e. The molecule has 0 aromatic rings. The van der Waals surface area contributed by atoms with Gasteiger partial charge in [0.1, 0.15) is 0 Å². The normalized spacial score (nSPS) is 28.3. The van der Waals surface area contributed by atoms with Crippen LogP contribution in [0.25, 0.3) is 0 Å². The van der Waals surface area contributed by atoms with E-state index in [9.17, 15) is 0 Å². The highest BCUT2D eigenvalue weighted by molar-refractivity contribution is 4.81. The zero-order valence-electron chi connectivity index (χ0n) is 13.3. The van der Waals surface area contributed by atoms with E-state index in [1.807, 2.05) is 0 Å². The highest BCUT2D eigenvalue weighted by Crippen LogP contribution is 2.35. The first-order chi connectivity index (χ1) is 9.04. The Morgan fingerprint density at radius 2 is 2.00 bits per heavy atom. The third kappa shape index (κ3) is 6.24. The van der Waals surface area contributed by atoms with Crippen LogP contribution in [0.4, 0.5) is 0 Å². The van der Waals surface area contributed by atoms with E-state index in [0.717, 1.165) is 43.9 Å². The van der Waals surface area contributed by atoms with Crippen molar-refractivity contribution in [3.05, 3.63) is 0 Å². The minimum atomic E-state index is 0.279. The lowest BCUT2D eigenvalue weighted by molar-refractivity contribution is -0.0430. The molecule has 1 rings (SSSR count). The van der Waals surface area contributed by atoms with Crippen molar-refractivity contribution >= 4 is 0 Å².